The van der Waals surface area contributed by atoms with E-state index < -0.39 is 6.10 Å². The zero-order valence-corrected chi connectivity index (χ0v) is 12.4. The van der Waals surface area contributed by atoms with Crippen LogP contribution in [0.15, 0.2) is 24.3 Å². The number of rotatable bonds is 4. The second-order valence-electron chi connectivity index (χ2n) is 5.28. The molecule has 0 saturated heterocycles. The van der Waals surface area contributed by atoms with Crippen molar-refractivity contribution >= 4 is 17.5 Å². The summed E-state index contributed by atoms with van der Waals surface area (Å²) in [7, 11) is 0. The Labute approximate surface area is 124 Å². The van der Waals surface area contributed by atoms with Crippen molar-refractivity contribution in [2.75, 3.05) is 0 Å². The average Bonchev–Trinajstić information content (AvgIpc) is 2.41. The molecule has 0 bridgehead atoms. The van der Waals surface area contributed by atoms with E-state index in [1.807, 2.05) is 0 Å². The van der Waals surface area contributed by atoms with E-state index in [0.717, 1.165) is 25.7 Å². The molecule has 2 rings (SSSR count). The number of amides is 1. The Balaban J connectivity index is 1.88. The van der Waals surface area contributed by atoms with Crippen LogP contribution in [-0.4, -0.2) is 24.1 Å². The Morgan fingerprint density at radius 1 is 1.45 bits per heavy atom. The number of benzene rings is 1. The first-order valence-electron chi connectivity index (χ1n) is 7.04. The average molecular weight is 297 g/mol. The minimum Gasteiger partial charge on any atom is -0.481 e. The van der Waals surface area contributed by atoms with Gasteiger partial charge in [-0.3, -0.25) is 4.79 Å². The molecule has 1 aliphatic rings. The Morgan fingerprint density at radius 3 is 2.90 bits per heavy atom. The fourth-order valence-corrected chi connectivity index (χ4v) is 2.62. The summed E-state index contributed by atoms with van der Waals surface area (Å²) < 4.78 is 5.60. The molecule has 1 aliphatic carbocycles. The molecule has 3 atom stereocenters. The maximum absolute atomic E-state index is 12.1. The molecule has 4 nitrogen and oxygen atoms in total. The number of nitrogens with two attached hydrogens (primary N) is 1. The monoisotopic (exact) mass is 296 g/mol. The highest BCUT2D eigenvalue weighted by Gasteiger charge is 2.25. The van der Waals surface area contributed by atoms with Gasteiger partial charge in [-0.2, -0.15) is 0 Å². The van der Waals surface area contributed by atoms with E-state index in [9.17, 15) is 4.79 Å². The van der Waals surface area contributed by atoms with Gasteiger partial charge in [0, 0.05) is 17.1 Å². The van der Waals surface area contributed by atoms with E-state index in [1.54, 1.807) is 31.2 Å². The van der Waals surface area contributed by atoms with E-state index >= 15 is 0 Å². The van der Waals surface area contributed by atoms with Crippen LogP contribution in [0.3, 0.4) is 0 Å². The lowest BCUT2D eigenvalue weighted by Crippen LogP contribution is -2.52. The number of nitrogens with one attached hydrogen (secondary N) is 1. The Kier molecular flexibility index (Phi) is 5.26. The molecule has 20 heavy (non-hydrogen) atoms. The van der Waals surface area contributed by atoms with Gasteiger partial charge >= 0.3 is 0 Å². The van der Waals surface area contributed by atoms with E-state index in [4.69, 9.17) is 22.1 Å². The Bertz CT molecular complexity index is 467. The number of hydrogen-bond donors (Lipinski definition) is 2. The topological polar surface area (TPSA) is 64.3 Å². The molecule has 110 valence electrons. The second kappa shape index (κ2) is 6.95. The smallest absolute Gasteiger partial charge is 0.261 e. The first-order chi connectivity index (χ1) is 9.56. The molecular formula is C15H21ClN2O2. The second-order valence-corrected chi connectivity index (χ2v) is 5.72. The normalized spacial score (nSPS) is 23.9. The third kappa shape index (κ3) is 4.12. The van der Waals surface area contributed by atoms with Gasteiger partial charge in [-0.25, -0.2) is 0 Å². The maximum atomic E-state index is 12.1. The van der Waals surface area contributed by atoms with Gasteiger partial charge in [0.2, 0.25) is 0 Å². The predicted molar refractivity (Wildman–Crippen MR) is 79.9 cm³/mol. The summed E-state index contributed by atoms with van der Waals surface area (Å²) in [5.41, 5.74) is 6.03. The summed E-state index contributed by atoms with van der Waals surface area (Å²) in [6, 6.07) is 7.13. The molecule has 0 heterocycles. The standard InChI is InChI=1S/C15H21ClN2O2/c1-10(20-12-6-4-5-11(16)9-12)15(19)18-14-8-3-2-7-13(14)17/h4-6,9-10,13-14H,2-3,7-8,17H2,1H3,(H,18,19)/t10?,13-,14-/m1/s1. The third-order valence-corrected chi connectivity index (χ3v) is 3.86. The highest BCUT2D eigenvalue weighted by atomic mass is 35.5. The maximum Gasteiger partial charge on any atom is 0.261 e. The number of carbonyl (C=O) groups excluding carboxylic acids is 1. The van der Waals surface area contributed by atoms with Crippen LogP contribution < -0.4 is 15.8 Å². The van der Waals surface area contributed by atoms with Crippen molar-refractivity contribution < 1.29 is 9.53 Å². The lowest BCUT2D eigenvalue weighted by molar-refractivity contribution is -0.128. The molecule has 0 radical (unpaired) electrons. The Morgan fingerprint density at radius 2 is 2.20 bits per heavy atom. The molecule has 1 amide bonds. The van der Waals surface area contributed by atoms with E-state index in [2.05, 4.69) is 5.32 Å². The SMILES string of the molecule is CC(Oc1cccc(Cl)c1)C(=O)N[C@@H]1CCCC[C@H]1N. The summed E-state index contributed by atoms with van der Waals surface area (Å²) in [6.45, 7) is 1.73. The van der Waals surface area contributed by atoms with Crippen molar-refractivity contribution in [3.8, 4) is 5.75 Å². The zero-order chi connectivity index (χ0) is 14.5. The van der Waals surface area contributed by atoms with Gasteiger partial charge < -0.3 is 15.8 Å². The first-order valence-corrected chi connectivity index (χ1v) is 7.42. The minimum atomic E-state index is -0.567. The molecule has 1 aromatic rings. The summed E-state index contributed by atoms with van der Waals surface area (Å²) in [4.78, 5) is 12.1. The van der Waals surface area contributed by atoms with Crippen LogP contribution >= 0.6 is 11.6 Å². The van der Waals surface area contributed by atoms with Crippen LogP contribution in [0.4, 0.5) is 0 Å². The van der Waals surface area contributed by atoms with Gasteiger partial charge in [0.1, 0.15) is 5.75 Å². The van der Waals surface area contributed by atoms with Crippen molar-refractivity contribution in [1.82, 2.24) is 5.32 Å². The molecular weight excluding hydrogens is 276 g/mol. The molecule has 1 fully saturated rings. The Hall–Kier alpha value is -1.26. The van der Waals surface area contributed by atoms with Crippen molar-refractivity contribution in [3.05, 3.63) is 29.3 Å². The molecule has 3 N–H and O–H groups in total. The van der Waals surface area contributed by atoms with Crippen LogP contribution in [0.5, 0.6) is 5.75 Å². The number of carbonyl (C=O) groups is 1. The minimum absolute atomic E-state index is 0.0473. The highest BCUT2D eigenvalue weighted by Crippen LogP contribution is 2.19. The molecule has 5 heteroatoms. The van der Waals surface area contributed by atoms with Gasteiger partial charge in [-0.1, -0.05) is 30.5 Å². The van der Waals surface area contributed by atoms with Crippen LogP contribution in [0.25, 0.3) is 0 Å². The summed E-state index contributed by atoms with van der Waals surface area (Å²) in [5, 5.41) is 3.57. The van der Waals surface area contributed by atoms with Crippen molar-refractivity contribution in [2.24, 2.45) is 5.73 Å². The van der Waals surface area contributed by atoms with Gasteiger partial charge in [0.15, 0.2) is 6.10 Å². The van der Waals surface area contributed by atoms with E-state index in [0.29, 0.717) is 10.8 Å². The van der Waals surface area contributed by atoms with Crippen LogP contribution in [0.2, 0.25) is 5.02 Å². The lowest BCUT2D eigenvalue weighted by atomic mass is 9.91. The molecule has 0 spiro atoms. The molecule has 1 saturated carbocycles. The summed E-state index contributed by atoms with van der Waals surface area (Å²) >= 11 is 5.89. The highest BCUT2D eigenvalue weighted by molar-refractivity contribution is 6.30. The van der Waals surface area contributed by atoms with Crippen molar-refractivity contribution in [2.45, 2.75) is 50.8 Å². The number of hydrogen-bond acceptors (Lipinski definition) is 3. The van der Waals surface area contributed by atoms with Crippen LogP contribution in [0.1, 0.15) is 32.6 Å². The summed E-state index contributed by atoms with van der Waals surface area (Å²) in [5.74, 6) is 0.459. The van der Waals surface area contributed by atoms with Crippen molar-refractivity contribution in [1.29, 1.82) is 0 Å². The van der Waals surface area contributed by atoms with Crippen LogP contribution in [0, 0.1) is 0 Å². The molecule has 0 aromatic heterocycles. The van der Waals surface area contributed by atoms with E-state index in [-0.39, 0.29) is 18.0 Å². The molecule has 1 aromatic carbocycles. The number of ether oxygens (including phenoxy) is 1. The fourth-order valence-electron chi connectivity index (χ4n) is 2.44. The van der Waals surface area contributed by atoms with Gasteiger partial charge in [-0.15, -0.1) is 0 Å². The predicted octanol–water partition coefficient (Wildman–Crippen LogP) is 2.49. The first kappa shape index (κ1) is 15.1. The van der Waals surface area contributed by atoms with Crippen molar-refractivity contribution in [3.63, 3.8) is 0 Å². The van der Waals surface area contributed by atoms with Gasteiger partial charge in [0.25, 0.3) is 5.91 Å². The zero-order valence-electron chi connectivity index (χ0n) is 11.6. The molecule has 1 unspecified atom stereocenters. The molecule has 0 aliphatic heterocycles. The fraction of sp³-hybridized carbons (Fsp3) is 0.533. The van der Waals surface area contributed by atoms with Gasteiger partial charge in [0.05, 0.1) is 0 Å². The number of halogens is 1. The summed E-state index contributed by atoms with van der Waals surface area (Å²) in [6.07, 6.45) is 3.60. The van der Waals surface area contributed by atoms with Crippen LogP contribution in [-0.2, 0) is 4.79 Å². The van der Waals surface area contributed by atoms with Gasteiger partial charge in [-0.05, 0) is 38.0 Å². The van der Waals surface area contributed by atoms with E-state index in [1.165, 1.54) is 0 Å². The lowest BCUT2D eigenvalue weighted by Gasteiger charge is -2.30. The largest absolute Gasteiger partial charge is 0.481 e. The quantitative estimate of drug-likeness (QED) is 0.897. The third-order valence-electron chi connectivity index (χ3n) is 3.63.